The fourth-order valence-electron chi connectivity index (χ4n) is 7.99. The minimum absolute atomic E-state index is 0.0316. The van der Waals surface area contributed by atoms with Gasteiger partial charge >= 0.3 is 0 Å². The number of para-hydroxylation sites is 1. The highest BCUT2D eigenvalue weighted by Crippen LogP contribution is 2.43. The number of hydrogen-bond donors (Lipinski definition) is 3. The van der Waals surface area contributed by atoms with Crippen molar-refractivity contribution in [3.05, 3.63) is 203 Å². The SMILES string of the molecule is CI.COc1ccccc1S[C@H](c1ccc(F)cc1)[C@H]1CNCCO1.O=C1[C@@H]([C@@H](O)c2ccc(F)cc2)OCCN1Cc1ccccc1.O=C1[C@H]([C@H](O)c2ccc(F)cc2)OCCN1Cc1ccccc1. The molecular weight excluding hydrogens is 1050 g/mol. The molecule has 0 aromatic heterocycles. The highest BCUT2D eigenvalue weighted by Gasteiger charge is 2.37. The maximum absolute atomic E-state index is 13.3. The molecule has 11 nitrogen and oxygen atoms in total. The van der Waals surface area contributed by atoms with Crippen molar-refractivity contribution >= 4 is 46.2 Å². The van der Waals surface area contributed by atoms with Crippen LogP contribution in [0.5, 0.6) is 5.75 Å². The quantitative estimate of drug-likeness (QED) is 0.0585. The van der Waals surface area contributed by atoms with E-state index in [1.165, 1.54) is 60.7 Å². The Morgan fingerprint density at radius 3 is 1.45 bits per heavy atom. The second-order valence-corrected chi connectivity index (χ2v) is 17.6. The number of nitrogens with zero attached hydrogens (tertiary/aromatic N) is 2. The monoisotopic (exact) mass is 1110 g/mol. The van der Waals surface area contributed by atoms with Crippen LogP contribution in [0.3, 0.4) is 0 Å². The van der Waals surface area contributed by atoms with E-state index in [9.17, 15) is 33.0 Å². The van der Waals surface area contributed by atoms with Crippen molar-refractivity contribution < 1.29 is 51.9 Å². The lowest BCUT2D eigenvalue weighted by Crippen LogP contribution is -2.49. The van der Waals surface area contributed by atoms with Crippen molar-refractivity contribution in [2.24, 2.45) is 0 Å². The average molecular weight is 1110 g/mol. The first kappa shape index (κ1) is 55.0. The van der Waals surface area contributed by atoms with Crippen molar-refractivity contribution in [2.45, 2.75) is 53.8 Å². The Morgan fingerprint density at radius 1 is 0.606 bits per heavy atom. The Labute approximate surface area is 431 Å². The minimum Gasteiger partial charge on any atom is -0.496 e. The Morgan fingerprint density at radius 2 is 1.03 bits per heavy atom. The summed E-state index contributed by atoms with van der Waals surface area (Å²) in [5, 5.41) is 24.2. The number of halogens is 4. The lowest BCUT2D eigenvalue weighted by atomic mass is 10.0. The van der Waals surface area contributed by atoms with Gasteiger partial charge in [-0.05, 0) is 81.3 Å². The lowest BCUT2D eigenvalue weighted by molar-refractivity contribution is -0.164. The van der Waals surface area contributed by atoms with E-state index in [1.54, 1.807) is 28.7 Å². The van der Waals surface area contributed by atoms with Crippen molar-refractivity contribution in [3.8, 4) is 5.75 Å². The summed E-state index contributed by atoms with van der Waals surface area (Å²) in [5.41, 5.74) is 4.03. The van der Waals surface area contributed by atoms with Gasteiger partial charge in [0.2, 0.25) is 0 Å². The molecule has 16 heteroatoms. The first-order valence-electron chi connectivity index (χ1n) is 23.1. The van der Waals surface area contributed by atoms with Crippen LogP contribution in [-0.4, -0.2) is 108 Å². The summed E-state index contributed by atoms with van der Waals surface area (Å²) in [4.78, 5) is 31.5. The summed E-state index contributed by atoms with van der Waals surface area (Å²) in [6, 6.07) is 44.8. The molecule has 3 N–H and O–H groups in total. The molecule has 3 fully saturated rings. The molecule has 0 unspecified atom stereocenters. The van der Waals surface area contributed by atoms with Crippen LogP contribution in [0.1, 0.15) is 45.3 Å². The van der Waals surface area contributed by atoms with Gasteiger partial charge in [0.1, 0.15) is 35.4 Å². The van der Waals surface area contributed by atoms with Gasteiger partial charge in [-0.15, -0.1) is 11.8 Å². The smallest absolute Gasteiger partial charge is 0.255 e. The summed E-state index contributed by atoms with van der Waals surface area (Å²) < 4.78 is 61.6. The molecular formula is C55H59F3IN3O8S. The fourth-order valence-corrected chi connectivity index (χ4v) is 9.31. The first-order valence-corrected chi connectivity index (χ1v) is 26.1. The molecule has 2 amide bonds. The van der Waals surface area contributed by atoms with Crippen LogP contribution in [0, 0.1) is 17.5 Å². The second kappa shape index (κ2) is 28.7. The van der Waals surface area contributed by atoms with Crippen LogP contribution in [0.15, 0.2) is 163 Å². The van der Waals surface area contributed by atoms with E-state index in [-0.39, 0.29) is 40.6 Å². The molecule has 0 saturated carbocycles. The average Bonchev–Trinajstić information content (AvgIpc) is 3.41. The number of nitrogens with one attached hydrogen (secondary N) is 1. The van der Waals surface area contributed by atoms with Crippen molar-refractivity contribution in [2.75, 3.05) is 58.0 Å². The third-order valence-corrected chi connectivity index (χ3v) is 13.1. The molecule has 6 aromatic rings. The van der Waals surface area contributed by atoms with Crippen molar-refractivity contribution in [1.82, 2.24) is 15.1 Å². The predicted octanol–water partition coefficient (Wildman–Crippen LogP) is 9.28. The van der Waals surface area contributed by atoms with Gasteiger partial charge in [0.05, 0.1) is 43.2 Å². The van der Waals surface area contributed by atoms with Gasteiger partial charge in [0.15, 0.2) is 12.2 Å². The highest BCUT2D eigenvalue weighted by molar-refractivity contribution is 14.1. The van der Waals surface area contributed by atoms with E-state index in [1.807, 2.05) is 102 Å². The number of aliphatic hydroxyl groups excluding tert-OH is 2. The molecule has 6 atom stereocenters. The van der Waals surface area contributed by atoms with Crippen LogP contribution in [0.4, 0.5) is 13.2 Å². The van der Waals surface area contributed by atoms with Gasteiger partial charge in [-0.2, -0.15) is 0 Å². The maximum atomic E-state index is 13.3. The number of alkyl halides is 1. The number of aliphatic hydroxyl groups is 2. The first-order chi connectivity index (χ1) is 34.6. The Kier molecular flexibility index (Phi) is 22.2. The van der Waals surface area contributed by atoms with Gasteiger partial charge in [0, 0.05) is 39.3 Å². The van der Waals surface area contributed by atoms with Gasteiger partial charge in [-0.25, -0.2) is 13.2 Å². The molecule has 3 heterocycles. The zero-order valence-electron chi connectivity index (χ0n) is 39.5. The Hall–Kier alpha value is -5.31. The van der Waals surface area contributed by atoms with Crippen LogP contribution in [-0.2, 0) is 36.9 Å². The van der Waals surface area contributed by atoms with Gasteiger partial charge in [0.25, 0.3) is 11.8 Å². The lowest BCUT2D eigenvalue weighted by Gasteiger charge is -2.34. The zero-order chi connectivity index (χ0) is 50.5. The fraction of sp³-hybridized carbons (Fsp3) is 0.309. The molecule has 0 spiro atoms. The van der Waals surface area contributed by atoms with E-state index < -0.39 is 24.4 Å². The summed E-state index contributed by atoms with van der Waals surface area (Å²) in [5.74, 6) is -0.662. The molecule has 0 bridgehead atoms. The molecule has 71 heavy (non-hydrogen) atoms. The third-order valence-electron chi connectivity index (χ3n) is 11.7. The van der Waals surface area contributed by atoms with Gasteiger partial charge < -0.3 is 44.3 Å². The molecule has 0 radical (unpaired) electrons. The van der Waals surface area contributed by atoms with Crippen LogP contribution < -0.4 is 10.1 Å². The number of thioether (sulfide) groups is 1. The largest absolute Gasteiger partial charge is 0.496 e. The molecule has 376 valence electrons. The van der Waals surface area contributed by atoms with E-state index in [4.69, 9.17) is 18.9 Å². The number of carbonyl (C=O) groups is 2. The van der Waals surface area contributed by atoms with E-state index in [2.05, 4.69) is 27.9 Å². The summed E-state index contributed by atoms with van der Waals surface area (Å²) in [6.45, 7) is 5.00. The summed E-state index contributed by atoms with van der Waals surface area (Å²) >= 11 is 3.84. The predicted molar refractivity (Wildman–Crippen MR) is 276 cm³/mol. The summed E-state index contributed by atoms with van der Waals surface area (Å²) in [6.07, 6.45) is -4.11. The number of ether oxygens (including phenoxy) is 4. The van der Waals surface area contributed by atoms with Crippen molar-refractivity contribution in [3.63, 3.8) is 0 Å². The number of carbonyl (C=O) groups excluding carboxylic acids is 2. The number of rotatable bonds is 13. The Balaban J connectivity index is 0.000000171. The molecule has 9 rings (SSSR count). The molecule has 0 aliphatic carbocycles. The minimum atomic E-state index is -1.11. The van der Waals surface area contributed by atoms with E-state index in [0.717, 1.165) is 40.4 Å². The third kappa shape index (κ3) is 16.1. The topological polar surface area (TPSA) is 130 Å². The van der Waals surface area contributed by atoms with Crippen LogP contribution >= 0.6 is 34.4 Å². The molecule has 6 aromatic carbocycles. The molecule has 3 aliphatic rings. The maximum Gasteiger partial charge on any atom is 0.255 e. The van der Waals surface area contributed by atoms with Crippen molar-refractivity contribution in [1.29, 1.82) is 0 Å². The normalized spacial score (nSPS) is 19.1. The Bertz CT molecular complexity index is 2400. The number of hydrogen-bond acceptors (Lipinski definition) is 10. The standard InChI is InChI=1S/2C18H18FNO3.C18H20FNO2S.CH3I/c2*19-15-8-6-14(7-9-15)16(21)17-18(22)20(10-11-23-17)12-13-4-2-1-3-5-13;1-21-15-4-2-3-5-17(15)23-18(16-12-20-10-11-22-16)13-6-8-14(19)9-7-13;1-2/h2*1-9,16-17,21H,10-12H2;2-9,16,18,20H,10-12H2,1H3;1H3/t2*16-,17+;16-,18-;/m101./s1. The number of benzene rings is 6. The number of methoxy groups -OCH3 is 1. The van der Waals surface area contributed by atoms with Gasteiger partial charge in [-0.3, -0.25) is 9.59 Å². The number of morpholine rings is 3. The molecule has 3 aliphatic heterocycles. The van der Waals surface area contributed by atoms with Crippen LogP contribution in [0.2, 0.25) is 0 Å². The van der Waals surface area contributed by atoms with E-state index >= 15 is 0 Å². The van der Waals surface area contributed by atoms with Crippen LogP contribution in [0.25, 0.3) is 0 Å². The zero-order valence-corrected chi connectivity index (χ0v) is 42.5. The summed E-state index contributed by atoms with van der Waals surface area (Å²) in [7, 11) is 1.67. The van der Waals surface area contributed by atoms with E-state index in [0.29, 0.717) is 57.1 Å². The second-order valence-electron chi connectivity index (χ2n) is 16.4. The number of amides is 2. The highest BCUT2D eigenvalue weighted by atomic mass is 127. The molecule has 3 saturated heterocycles. The van der Waals surface area contributed by atoms with Gasteiger partial charge in [-0.1, -0.05) is 132 Å².